The lowest BCUT2D eigenvalue weighted by Gasteiger charge is -2.03. The average Bonchev–Trinajstić information content (AvgIpc) is 2.96. The van der Waals surface area contributed by atoms with Crippen LogP contribution in [-0.2, 0) is 4.74 Å². The van der Waals surface area contributed by atoms with E-state index in [2.05, 4.69) is 0 Å². The predicted molar refractivity (Wildman–Crippen MR) is 70.9 cm³/mol. The van der Waals surface area contributed by atoms with Crippen LogP contribution < -0.4 is 4.74 Å². The number of benzene rings is 1. The molecule has 1 aromatic carbocycles. The summed E-state index contributed by atoms with van der Waals surface area (Å²) in [5, 5.41) is 0. The molecule has 2 rings (SSSR count). The topological polar surface area (TPSA) is 65.7 Å². The molecule has 0 unspecified atom stereocenters. The summed E-state index contributed by atoms with van der Waals surface area (Å²) in [6.45, 7) is 1.79. The third kappa shape index (κ3) is 3.47. The molecule has 0 atom stereocenters. The second-order valence-corrected chi connectivity index (χ2v) is 3.91. The Morgan fingerprint density at radius 1 is 1.05 bits per heavy atom. The number of ether oxygens (including phenoxy) is 2. The van der Waals surface area contributed by atoms with Crippen molar-refractivity contribution in [3.8, 4) is 5.75 Å². The first kappa shape index (κ1) is 13.9. The number of hydrogen-bond acceptors (Lipinski definition) is 5. The summed E-state index contributed by atoms with van der Waals surface area (Å²) in [5.74, 6) is -0.253. The van der Waals surface area contributed by atoms with Gasteiger partial charge in [-0.25, -0.2) is 4.79 Å². The van der Waals surface area contributed by atoms with Crippen LogP contribution in [-0.4, -0.2) is 25.0 Å². The zero-order chi connectivity index (χ0) is 14.4. The number of esters is 1. The molecule has 0 bridgehead atoms. The van der Waals surface area contributed by atoms with Gasteiger partial charge < -0.3 is 13.9 Å². The molecule has 5 nitrogen and oxygen atoms in total. The Morgan fingerprint density at radius 2 is 1.75 bits per heavy atom. The minimum atomic E-state index is -0.587. The Labute approximate surface area is 116 Å². The quantitative estimate of drug-likeness (QED) is 0.598. The molecule has 0 aliphatic heterocycles. The van der Waals surface area contributed by atoms with Gasteiger partial charge in [-0.2, -0.15) is 0 Å². The highest BCUT2D eigenvalue weighted by atomic mass is 16.5. The first-order valence-corrected chi connectivity index (χ1v) is 6.18. The van der Waals surface area contributed by atoms with Crippen LogP contribution in [0.1, 0.15) is 28.0 Å². The van der Waals surface area contributed by atoms with Crippen LogP contribution in [0.4, 0.5) is 0 Å². The van der Waals surface area contributed by atoms with Crippen LogP contribution in [0.25, 0.3) is 0 Å². The van der Waals surface area contributed by atoms with E-state index in [1.807, 2.05) is 18.2 Å². The average molecular weight is 274 g/mol. The van der Waals surface area contributed by atoms with Gasteiger partial charge in [0.25, 0.3) is 0 Å². The molecule has 0 amide bonds. The van der Waals surface area contributed by atoms with Crippen LogP contribution in [0.2, 0.25) is 0 Å². The van der Waals surface area contributed by atoms with Crippen LogP contribution in [0.5, 0.6) is 5.75 Å². The van der Waals surface area contributed by atoms with E-state index in [0.29, 0.717) is 5.75 Å². The molecule has 104 valence electrons. The van der Waals surface area contributed by atoms with E-state index in [9.17, 15) is 9.59 Å². The van der Waals surface area contributed by atoms with Crippen LogP contribution in [0.15, 0.2) is 46.9 Å². The fourth-order valence-electron chi connectivity index (χ4n) is 1.54. The van der Waals surface area contributed by atoms with Gasteiger partial charge in [-0.15, -0.1) is 0 Å². The SMILES string of the molecule is CCOC(=O)c1ccc(C(=O)COc2ccccc2)o1. The largest absolute Gasteiger partial charge is 0.485 e. The number of para-hydroxylation sites is 1. The van der Waals surface area contributed by atoms with Gasteiger partial charge in [-0.05, 0) is 31.2 Å². The van der Waals surface area contributed by atoms with Crippen LogP contribution in [0, 0.1) is 0 Å². The molecule has 0 saturated carbocycles. The minimum absolute atomic E-state index is 0.00918. The molecule has 0 spiro atoms. The fraction of sp³-hybridized carbons (Fsp3) is 0.200. The van der Waals surface area contributed by atoms with Crippen molar-refractivity contribution >= 4 is 11.8 Å². The monoisotopic (exact) mass is 274 g/mol. The lowest BCUT2D eigenvalue weighted by atomic mass is 10.3. The molecule has 0 aliphatic rings. The lowest BCUT2D eigenvalue weighted by Crippen LogP contribution is -2.11. The van der Waals surface area contributed by atoms with Gasteiger partial charge in [-0.3, -0.25) is 4.79 Å². The van der Waals surface area contributed by atoms with E-state index in [1.165, 1.54) is 12.1 Å². The van der Waals surface area contributed by atoms with E-state index in [-0.39, 0.29) is 30.5 Å². The number of carbonyl (C=O) groups excluding carboxylic acids is 2. The number of Topliss-reactive ketones (excluding diaryl/α,β-unsaturated/α-hetero) is 1. The molecule has 2 aromatic rings. The molecular formula is C15H14O5. The van der Waals surface area contributed by atoms with Crippen molar-refractivity contribution in [3.05, 3.63) is 54.0 Å². The predicted octanol–water partition coefficient (Wildman–Crippen LogP) is 2.72. The summed E-state index contributed by atoms with van der Waals surface area (Å²) in [4.78, 5) is 23.2. The maximum Gasteiger partial charge on any atom is 0.374 e. The number of furan rings is 1. The molecule has 0 fully saturated rings. The number of ketones is 1. The van der Waals surface area contributed by atoms with Gasteiger partial charge in [-0.1, -0.05) is 18.2 Å². The molecule has 5 heteroatoms. The van der Waals surface area contributed by atoms with Crippen molar-refractivity contribution in [1.82, 2.24) is 0 Å². The third-order valence-electron chi connectivity index (χ3n) is 2.47. The smallest absolute Gasteiger partial charge is 0.374 e. The summed E-state index contributed by atoms with van der Waals surface area (Å²) in [7, 11) is 0. The zero-order valence-electron chi connectivity index (χ0n) is 11.0. The first-order valence-electron chi connectivity index (χ1n) is 6.18. The van der Waals surface area contributed by atoms with Crippen molar-refractivity contribution in [2.45, 2.75) is 6.92 Å². The van der Waals surface area contributed by atoms with Crippen molar-refractivity contribution in [2.24, 2.45) is 0 Å². The standard InChI is InChI=1S/C15H14O5/c1-2-18-15(17)14-9-8-13(20-14)12(16)10-19-11-6-4-3-5-7-11/h3-9H,2,10H2,1H3. The van der Waals surface area contributed by atoms with Crippen molar-refractivity contribution in [2.75, 3.05) is 13.2 Å². The molecule has 1 heterocycles. The van der Waals surface area contributed by atoms with Gasteiger partial charge in [0.2, 0.25) is 11.5 Å². The normalized spacial score (nSPS) is 10.1. The van der Waals surface area contributed by atoms with E-state index >= 15 is 0 Å². The maximum absolute atomic E-state index is 11.8. The molecule has 0 radical (unpaired) electrons. The number of hydrogen-bond donors (Lipinski definition) is 0. The highest BCUT2D eigenvalue weighted by Crippen LogP contribution is 2.12. The van der Waals surface area contributed by atoms with Gasteiger partial charge in [0.15, 0.2) is 12.4 Å². The van der Waals surface area contributed by atoms with E-state index < -0.39 is 5.97 Å². The zero-order valence-corrected chi connectivity index (χ0v) is 11.0. The Bertz CT molecular complexity index is 585. The fourth-order valence-corrected chi connectivity index (χ4v) is 1.54. The van der Waals surface area contributed by atoms with E-state index in [4.69, 9.17) is 13.9 Å². The summed E-state index contributed by atoms with van der Waals surface area (Å²) in [6, 6.07) is 11.8. The van der Waals surface area contributed by atoms with Gasteiger partial charge in [0, 0.05) is 0 Å². The first-order chi connectivity index (χ1) is 9.70. The number of carbonyl (C=O) groups is 2. The number of rotatable bonds is 6. The minimum Gasteiger partial charge on any atom is -0.485 e. The second-order valence-electron chi connectivity index (χ2n) is 3.91. The van der Waals surface area contributed by atoms with E-state index in [1.54, 1.807) is 19.1 Å². The highest BCUT2D eigenvalue weighted by molar-refractivity contribution is 5.96. The molecule has 0 N–H and O–H groups in total. The molecule has 20 heavy (non-hydrogen) atoms. The van der Waals surface area contributed by atoms with Crippen LogP contribution >= 0.6 is 0 Å². The Morgan fingerprint density at radius 3 is 2.45 bits per heavy atom. The Hall–Kier alpha value is -2.56. The molecule has 1 aromatic heterocycles. The van der Waals surface area contributed by atoms with Gasteiger partial charge in [0.05, 0.1) is 6.61 Å². The third-order valence-corrected chi connectivity index (χ3v) is 2.47. The van der Waals surface area contributed by atoms with Crippen molar-refractivity contribution in [3.63, 3.8) is 0 Å². The molecule has 0 aliphatic carbocycles. The second kappa shape index (κ2) is 6.56. The summed E-state index contributed by atoms with van der Waals surface area (Å²) >= 11 is 0. The van der Waals surface area contributed by atoms with Crippen molar-refractivity contribution in [1.29, 1.82) is 0 Å². The van der Waals surface area contributed by atoms with Gasteiger partial charge >= 0.3 is 5.97 Å². The molecular weight excluding hydrogens is 260 g/mol. The summed E-state index contributed by atoms with van der Waals surface area (Å²) in [5.41, 5.74) is 0. The van der Waals surface area contributed by atoms with Crippen LogP contribution in [0.3, 0.4) is 0 Å². The Balaban J connectivity index is 1.94. The lowest BCUT2D eigenvalue weighted by molar-refractivity contribution is 0.0488. The maximum atomic E-state index is 11.8. The highest BCUT2D eigenvalue weighted by Gasteiger charge is 2.16. The summed E-state index contributed by atoms with van der Waals surface area (Å²) in [6.07, 6.45) is 0. The van der Waals surface area contributed by atoms with Crippen molar-refractivity contribution < 1.29 is 23.5 Å². The van der Waals surface area contributed by atoms with E-state index in [0.717, 1.165) is 0 Å². The van der Waals surface area contributed by atoms with Gasteiger partial charge in [0.1, 0.15) is 5.75 Å². The Kier molecular flexibility index (Phi) is 4.55. The molecule has 0 saturated heterocycles. The summed E-state index contributed by atoms with van der Waals surface area (Å²) < 4.78 is 15.2.